The van der Waals surface area contributed by atoms with Gasteiger partial charge in [-0.1, -0.05) is 24.3 Å². The summed E-state index contributed by atoms with van der Waals surface area (Å²) in [7, 11) is 3.29. The molecule has 0 saturated heterocycles. The molecule has 27 heavy (non-hydrogen) atoms. The van der Waals surface area contributed by atoms with Crippen molar-refractivity contribution in [2.24, 2.45) is 0 Å². The highest BCUT2D eigenvalue weighted by molar-refractivity contribution is 7.74. The maximum Gasteiger partial charge on any atom is 0.214 e. The van der Waals surface area contributed by atoms with Gasteiger partial charge in [-0.05, 0) is 48.3 Å². The van der Waals surface area contributed by atoms with Gasteiger partial charge in [0.1, 0.15) is 25.7 Å². The van der Waals surface area contributed by atoms with Crippen molar-refractivity contribution >= 4 is 30.6 Å². The van der Waals surface area contributed by atoms with Crippen molar-refractivity contribution < 1.29 is 18.6 Å². The van der Waals surface area contributed by atoms with Crippen LogP contribution in [0.1, 0.15) is 13.3 Å². The van der Waals surface area contributed by atoms with Gasteiger partial charge in [0.25, 0.3) is 0 Å². The van der Waals surface area contributed by atoms with Gasteiger partial charge >= 0.3 is 0 Å². The molecule has 0 aromatic heterocycles. The molecule has 2 unspecified atom stereocenters. The molecule has 0 spiro atoms. The number of carbonyl (C=O) groups excluding carboxylic acids is 1. The molecule has 0 bridgehead atoms. The van der Waals surface area contributed by atoms with Crippen molar-refractivity contribution in [1.29, 1.82) is 0 Å². The number of anilines is 2. The van der Waals surface area contributed by atoms with Crippen molar-refractivity contribution in [3.8, 4) is 11.1 Å². The van der Waals surface area contributed by atoms with Gasteiger partial charge in [-0.3, -0.25) is 4.79 Å². The van der Waals surface area contributed by atoms with Crippen LogP contribution in [0.3, 0.4) is 0 Å². The second-order valence-corrected chi connectivity index (χ2v) is 7.29. The van der Waals surface area contributed by atoms with Crippen molar-refractivity contribution in [3.05, 3.63) is 48.3 Å². The molecule has 1 amide bonds. The molecule has 0 aliphatic rings. The quantitative estimate of drug-likeness (QED) is 0.228. The lowest BCUT2D eigenvalue weighted by molar-refractivity contribution is -0.955. The summed E-state index contributed by atoms with van der Waals surface area (Å²) in [6.45, 7) is 2.42. The predicted octanol–water partition coefficient (Wildman–Crippen LogP) is 3.46. The first-order valence-corrected chi connectivity index (χ1v) is 9.03. The Balaban J connectivity index is 2.30. The van der Waals surface area contributed by atoms with Crippen LogP contribution < -0.4 is 15.6 Å². The summed E-state index contributed by atoms with van der Waals surface area (Å²) in [6.07, 6.45) is 1.35. The standard InChI is InChI=1S/C19H26FN4O2S/c1-14(21-2)10-11-23(13-25)19-9-8-15(12-17(19)20)16-6-4-5-7-18(16)22-24(3,26)27/h4-9,12-14,21-22,26-27H,10-11H2,1-3H3/q+1. The van der Waals surface area contributed by atoms with Gasteiger partial charge in [0.05, 0.1) is 11.4 Å². The van der Waals surface area contributed by atoms with Crippen LogP contribution in [0.4, 0.5) is 15.8 Å². The maximum absolute atomic E-state index is 14.7. The highest BCUT2D eigenvalue weighted by Crippen LogP contribution is 2.32. The highest BCUT2D eigenvalue weighted by Gasteiger charge is 2.18. The topological polar surface area (TPSA) is 64.6 Å². The van der Waals surface area contributed by atoms with Crippen LogP contribution in [-0.4, -0.2) is 42.5 Å². The summed E-state index contributed by atoms with van der Waals surface area (Å²) in [5.41, 5.74) is 4.98. The van der Waals surface area contributed by atoms with Gasteiger partial charge in [-0.25, -0.2) is 4.39 Å². The average molecular weight is 394 g/mol. The van der Waals surface area contributed by atoms with Crippen LogP contribution >= 0.6 is 12.8 Å². The van der Waals surface area contributed by atoms with Crippen LogP contribution in [0.25, 0.3) is 11.1 Å². The van der Waals surface area contributed by atoms with Gasteiger partial charge in [0, 0.05) is 18.2 Å². The minimum absolute atomic E-state index is 0.222. The van der Waals surface area contributed by atoms with Gasteiger partial charge < -0.3 is 10.2 Å². The van der Waals surface area contributed by atoms with E-state index >= 15 is 0 Å². The number of quaternary nitrogens is 1. The van der Waals surface area contributed by atoms with E-state index in [4.69, 9.17) is 0 Å². The number of hydrogen-bond donors (Lipinski definition) is 4. The van der Waals surface area contributed by atoms with Gasteiger partial charge in [-0.2, -0.15) is 10.6 Å². The van der Waals surface area contributed by atoms with Crippen molar-refractivity contribution in [2.75, 3.05) is 31.0 Å². The van der Waals surface area contributed by atoms with E-state index in [1.165, 1.54) is 18.0 Å². The maximum atomic E-state index is 14.7. The summed E-state index contributed by atoms with van der Waals surface area (Å²) >= 11 is 4.01. The molecule has 0 aliphatic heterocycles. The lowest BCUT2D eigenvalue weighted by Gasteiger charge is -2.22. The van der Waals surface area contributed by atoms with Gasteiger partial charge in [0.15, 0.2) is 0 Å². The Morgan fingerprint density at radius 1 is 1.33 bits per heavy atom. The zero-order valence-electron chi connectivity index (χ0n) is 15.7. The molecule has 146 valence electrons. The summed E-state index contributed by atoms with van der Waals surface area (Å²) in [6, 6.07) is 12.1. The molecule has 0 heterocycles. The third kappa shape index (κ3) is 5.93. The van der Waals surface area contributed by atoms with Gasteiger partial charge in [0.2, 0.25) is 6.41 Å². The fourth-order valence-electron chi connectivity index (χ4n) is 2.67. The summed E-state index contributed by atoms with van der Waals surface area (Å²) in [4.78, 5) is 12.8. The normalized spacial score (nSPS) is 14.3. The Hall–Kier alpha value is -2.13. The van der Waals surface area contributed by atoms with Crippen LogP contribution in [0, 0.1) is 5.82 Å². The predicted molar refractivity (Wildman–Crippen MR) is 109 cm³/mol. The molecular formula is C19H26FN4O2S+. The van der Waals surface area contributed by atoms with Crippen molar-refractivity contribution in [1.82, 2.24) is 5.32 Å². The fraction of sp³-hybridized carbons (Fsp3) is 0.316. The second kappa shape index (κ2) is 9.18. The van der Waals surface area contributed by atoms with E-state index in [-0.39, 0.29) is 11.7 Å². The SMILES string of the molecule is CNC(C)CCN(C=O)c1ccc(-c2ccccc2N[N+](C)(O)S)cc1F. The molecule has 2 aromatic carbocycles. The van der Waals surface area contributed by atoms with E-state index in [1.807, 2.05) is 26.1 Å². The third-order valence-electron chi connectivity index (χ3n) is 4.25. The first-order valence-electron chi connectivity index (χ1n) is 8.63. The molecule has 6 nitrogen and oxygen atoms in total. The fourth-order valence-corrected chi connectivity index (χ4v) is 2.78. The number of halogens is 1. The van der Waals surface area contributed by atoms with Crippen molar-refractivity contribution in [3.63, 3.8) is 0 Å². The highest BCUT2D eigenvalue weighted by atomic mass is 32.1. The molecule has 0 fully saturated rings. The van der Waals surface area contributed by atoms with E-state index in [0.717, 1.165) is 0 Å². The number of carbonyl (C=O) groups is 1. The minimum Gasteiger partial charge on any atom is -0.317 e. The Kier molecular flexibility index (Phi) is 7.20. The molecular weight excluding hydrogens is 367 g/mol. The number of amides is 1. The van der Waals surface area contributed by atoms with E-state index in [0.29, 0.717) is 36.2 Å². The van der Waals surface area contributed by atoms with Crippen LogP contribution in [0.5, 0.6) is 0 Å². The number of hydrogen-bond acceptors (Lipinski definition) is 5. The average Bonchev–Trinajstić information content (AvgIpc) is 2.62. The number of hydroxylamine groups is 1. The summed E-state index contributed by atoms with van der Waals surface area (Å²) in [5.74, 6) is -0.487. The Morgan fingerprint density at radius 2 is 2.04 bits per heavy atom. The monoisotopic (exact) mass is 393 g/mol. The molecule has 0 saturated carbocycles. The Bertz CT molecular complexity index is 783. The zero-order valence-corrected chi connectivity index (χ0v) is 16.6. The number of rotatable bonds is 9. The second-order valence-electron chi connectivity index (χ2n) is 6.51. The van der Waals surface area contributed by atoms with Crippen LogP contribution in [0.15, 0.2) is 42.5 Å². The molecule has 8 heteroatoms. The zero-order chi connectivity index (χ0) is 20.0. The van der Waals surface area contributed by atoms with E-state index in [9.17, 15) is 14.4 Å². The van der Waals surface area contributed by atoms with Crippen molar-refractivity contribution in [2.45, 2.75) is 19.4 Å². The Morgan fingerprint density at radius 3 is 2.63 bits per heavy atom. The lowest BCUT2D eigenvalue weighted by Crippen LogP contribution is -2.35. The molecule has 2 rings (SSSR count). The van der Waals surface area contributed by atoms with Crippen LogP contribution in [0.2, 0.25) is 0 Å². The van der Waals surface area contributed by atoms with E-state index in [1.54, 1.807) is 24.3 Å². The largest absolute Gasteiger partial charge is 0.317 e. The summed E-state index contributed by atoms with van der Waals surface area (Å²) < 4.78 is 14.0. The lowest BCUT2D eigenvalue weighted by atomic mass is 10.0. The number of benzene rings is 2. The van der Waals surface area contributed by atoms with Gasteiger partial charge in [-0.15, -0.1) is 0 Å². The Labute approximate surface area is 164 Å². The molecule has 0 aliphatic carbocycles. The molecule has 2 atom stereocenters. The molecule has 3 N–H and O–H groups in total. The smallest absolute Gasteiger partial charge is 0.214 e. The third-order valence-corrected chi connectivity index (χ3v) is 4.35. The molecule has 2 aromatic rings. The summed E-state index contributed by atoms with van der Waals surface area (Å²) in [5, 5.41) is 12.9. The first kappa shape index (κ1) is 21.2. The molecule has 0 radical (unpaired) electrons. The van der Waals surface area contributed by atoms with E-state index in [2.05, 4.69) is 23.6 Å². The minimum atomic E-state index is -0.764. The number of para-hydroxylation sites is 1. The number of nitrogens with zero attached hydrogens (tertiary/aromatic N) is 2. The number of nitrogens with one attached hydrogen (secondary N) is 2. The van der Waals surface area contributed by atoms with Crippen LogP contribution in [-0.2, 0) is 4.79 Å². The number of thiol groups is 1. The van der Waals surface area contributed by atoms with E-state index < -0.39 is 9.98 Å². The first-order chi connectivity index (χ1) is 12.7.